The van der Waals surface area contributed by atoms with Crippen molar-refractivity contribution in [1.82, 2.24) is 14.8 Å². The van der Waals surface area contributed by atoms with Crippen molar-refractivity contribution >= 4 is 17.5 Å². The molecule has 1 unspecified atom stereocenters. The molecule has 2 N–H and O–H groups in total. The van der Waals surface area contributed by atoms with E-state index < -0.39 is 6.04 Å². The van der Waals surface area contributed by atoms with Crippen molar-refractivity contribution in [3.8, 4) is 11.5 Å². The monoisotopic (exact) mass is 447 g/mol. The molecule has 0 radical (unpaired) electrons. The fourth-order valence-electron chi connectivity index (χ4n) is 3.90. The van der Waals surface area contributed by atoms with Crippen molar-refractivity contribution in [3.63, 3.8) is 0 Å². The van der Waals surface area contributed by atoms with Crippen LogP contribution in [0.5, 0.6) is 11.5 Å². The highest BCUT2D eigenvalue weighted by molar-refractivity contribution is 6.06. The molecule has 1 atom stereocenters. The third-order valence-corrected chi connectivity index (χ3v) is 5.69. The third-order valence-electron chi connectivity index (χ3n) is 5.69. The minimum Gasteiger partial charge on any atom is -0.493 e. The number of unbranched alkanes of at least 4 members (excludes halogenated alkanes) is 1. The van der Waals surface area contributed by atoms with Crippen molar-refractivity contribution < 1.29 is 14.3 Å². The van der Waals surface area contributed by atoms with Gasteiger partial charge in [-0.25, -0.2) is 4.68 Å². The number of amides is 1. The number of hydrogen-bond donors (Lipinski definition) is 2. The molecule has 4 rings (SSSR count). The standard InChI is InChI=1S/C25H29N5O3/c1-5-6-13-33-20-12-11-18(14-21(20)32-4)23-22(17(3)28-25-26-15-27-30(23)25)24(31)29-19-10-8-7-9-16(19)2/h7-12,14-15,23H,5-6,13H2,1-4H3,(H,29,31)(H,26,27,28). The largest absolute Gasteiger partial charge is 0.493 e. The van der Waals surface area contributed by atoms with Gasteiger partial charge in [-0.15, -0.1) is 0 Å². The second kappa shape index (κ2) is 9.77. The molecule has 3 aromatic rings. The lowest BCUT2D eigenvalue weighted by Crippen LogP contribution is -2.31. The van der Waals surface area contributed by atoms with Crippen LogP contribution in [-0.2, 0) is 4.79 Å². The molecule has 0 aliphatic carbocycles. The van der Waals surface area contributed by atoms with Crippen molar-refractivity contribution in [2.24, 2.45) is 0 Å². The Hall–Kier alpha value is -3.81. The van der Waals surface area contributed by atoms with Crippen LogP contribution in [0.15, 0.2) is 60.1 Å². The maximum Gasteiger partial charge on any atom is 0.255 e. The van der Waals surface area contributed by atoms with E-state index in [2.05, 4.69) is 27.6 Å². The maximum atomic E-state index is 13.5. The zero-order valence-electron chi connectivity index (χ0n) is 19.4. The van der Waals surface area contributed by atoms with Gasteiger partial charge in [-0.1, -0.05) is 37.6 Å². The number of carbonyl (C=O) groups excluding carboxylic acids is 1. The van der Waals surface area contributed by atoms with Crippen molar-refractivity contribution in [3.05, 3.63) is 71.2 Å². The maximum absolute atomic E-state index is 13.5. The molecule has 0 saturated carbocycles. The summed E-state index contributed by atoms with van der Waals surface area (Å²) in [5.74, 6) is 1.66. The molecule has 2 aromatic carbocycles. The second-order valence-corrected chi connectivity index (χ2v) is 7.98. The third kappa shape index (κ3) is 4.55. The van der Waals surface area contributed by atoms with Crippen LogP contribution < -0.4 is 20.1 Å². The molecule has 1 amide bonds. The summed E-state index contributed by atoms with van der Waals surface area (Å²) in [7, 11) is 1.61. The number of anilines is 2. The van der Waals surface area contributed by atoms with Crippen molar-refractivity contribution in [2.45, 2.75) is 39.7 Å². The number of rotatable bonds is 8. The van der Waals surface area contributed by atoms with Gasteiger partial charge < -0.3 is 20.1 Å². The van der Waals surface area contributed by atoms with Gasteiger partial charge in [-0.05, 0) is 49.6 Å². The van der Waals surface area contributed by atoms with Crippen LogP contribution in [0.3, 0.4) is 0 Å². The lowest BCUT2D eigenvalue weighted by atomic mass is 9.94. The lowest BCUT2D eigenvalue weighted by Gasteiger charge is -2.29. The molecule has 2 heterocycles. The number of hydrogen-bond acceptors (Lipinski definition) is 6. The predicted octanol–water partition coefficient (Wildman–Crippen LogP) is 4.70. The molecular weight excluding hydrogens is 418 g/mol. The first-order valence-electron chi connectivity index (χ1n) is 11.1. The zero-order valence-corrected chi connectivity index (χ0v) is 19.4. The Balaban J connectivity index is 1.73. The first-order valence-corrected chi connectivity index (χ1v) is 11.1. The molecule has 0 fully saturated rings. The zero-order chi connectivity index (χ0) is 23.4. The Kier molecular flexibility index (Phi) is 6.63. The summed E-state index contributed by atoms with van der Waals surface area (Å²) < 4.78 is 13.2. The number of allylic oxidation sites excluding steroid dienone is 1. The normalized spacial score (nSPS) is 15.0. The predicted molar refractivity (Wildman–Crippen MR) is 128 cm³/mol. The highest BCUT2D eigenvalue weighted by atomic mass is 16.5. The average molecular weight is 448 g/mol. The van der Waals surface area contributed by atoms with Crippen LogP contribution in [-0.4, -0.2) is 34.4 Å². The van der Waals surface area contributed by atoms with E-state index in [1.807, 2.05) is 56.3 Å². The number of benzene rings is 2. The Morgan fingerprint density at radius 2 is 2.00 bits per heavy atom. The molecule has 1 aliphatic rings. The van der Waals surface area contributed by atoms with Crippen LogP contribution in [0.2, 0.25) is 0 Å². The second-order valence-electron chi connectivity index (χ2n) is 7.98. The van der Waals surface area contributed by atoms with Gasteiger partial charge in [0, 0.05) is 11.4 Å². The Morgan fingerprint density at radius 1 is 1.18 bits per heavy atom. The van der Waals surface area contributed by atoms with E-state index in [-0.39, 0.29) is 5.91 Å². The number of nitrogens with zero attached hydrogens (tertiary/aromatic N) is 3. The number of aryl methyl sites for hydroxylation is 1. The highest BCUT2D eigenvalue weighted by Crippen LogP contribution is 2.39. The van der Waals surface area contributed by atoms with E-state index in [4.69, 9.17) is 9.47 Å². The van der Waals surface area contributed by atoms with Gasteiger partial charge in [0.25, 0.3) is 5.91 Å². The summed E-state index contributed by atoms with van der Waals surface area (Å²) in [6.45, 7) is 6.58. The van der Waals surface area contributed by atoms with Gasteiger partial charge in [0.1, 0.15) is 12.4 Å². The van der Waals surface area contributed by atoms with E-state index in [0.29, 0.717) is 35.3 Å². The van der Waals surface area contributed by atoms with Gasteiger partial charge in [0.15, 0.2) is 11.5 Å². The first kappa shape index (κ1) is 22.4. The van der Waals surface area contributed by atoms with E-state index in [1.54, 1.807) is 11.8 Å². The Labute approximate surface area is 193 Å². The molecule has 33 heavy (non-hydrogen) atoms. The summed E-state index contributed by atoms with van der Waals surface area (Å²) >= 11 is 0. The number of carbonyl (C=O) groups is 1. The van der Waals surface area contributed by atoms with Gasteiger partial charge in [0.2, 0.25) is 5.95 Å². The fourth-order valence-corrected chi connectivity index (χ4v) is 3.90. The highest BCUT2D eigenvalue weighted by Gasteiger charge is 2.34. The molecule has 8 heteroatoms. The SMILES string of the molecule is CCCCOc1ccc(C2C(C(=O)Nc3ccccc3C)=C(C)Nc3ncnn32)cc1OC. The smallest absolute Gasteiger partial charge is 0.255 e. The van der Waals surface area contributed by atoms with Crippen LogP contribution in [0.4, 0.5) is 11.6 Å². The lowest BCUT2D eigenvalue weighted by molar-refractivity contribution is -0.113. The Morgan fingerprint density at radius 3 is 2.76 bits per heavy atom. The van der Waals surface area contributed by atoms with Crippen molar-refractivity contribution in [1.29, 1.82) is 0 Å². The van der Waals surface area contributed by atoms with E-state index in [9.17, 15) is 4.79 Å². The number of fused-ring (bicyclic) bond motifs is 1. The quantitative estimate of drug-likeness (QED) is 0.487. The van der Waals surface area contributed by atoms with Crippen LogP contribution >= 0.6 is 0 Å². The molecule has 0 bridgehead atoms. The van der Waals surface area contributed by atoms with E-state index >= 15 is 0 Å². The van der Waals surface area contributed by atoms with E-state index in [0.717, 1.165) is 29.7 Å². The Bertz CT molecular complexity index is 1180. The fraction of sp³-hybridized carbons (Fsp3) is 0.320. The minimum absolute atomic E-state index is 0.206. The molecule has 172 valence electrons. The van der Waals surface area contributed by atoms with Gasteiger partial charge in [-0.2, -0.15) is 10.1 Å². The first-order chi connectivity index (χ1) is 16.0. The van der Waals surface area contributed by atoms with Gasteiger partial charge >= 0.3 is 0 Å². The summed E-state index contributed by atoms with van der Waals surface area (Å²) in [5, 5.41) is 10.7. The molecule has 0 spiro atoms. The molecule has 0 saturated heterocycles. The van der Waals surface area contributed by atoms with Crippen LogP contribution in [0.1, 0.15) is 43.9 Å². The van der Waals surface area contributed by atoms with Crippen LogP contribution in [0, 0.1) is 6.92 Å². The number of para-hydroxylation sites is 1. The minimum atomic E-state index is -0.480. The topological polar surface area (TPSA) is 90.3 Å². The molecule has 1 aromatic heterocycles. The summed E-state index contributed by atoms with van der Waals surface area (Å²) in [6, 6.07) is 12.9. The summed E-state index contributed by atoms with van der Waals surface area (Å²) in [4.78, 5) is 17.8. The van der Waals surface area contributed by atoms with E-state index in [1.165, 1.54) is 6.33 Å². The molecular formula is C25H29N5O3. The summed E-state index contributed by atoms with van der Waals surface area (Å²) in [5.41, 5.74) is 3.87. The summed E-state index contributed by atoms with van der Waals surface area (Å²) in [6.07, 6.45) is 3.49. The molecule has 1 aliphatic heterocycles. The van der Waals surface area contributed by atoms with Crippen LogP contribution in [0.25, 0.3) is 0 Å². The molecule has 8 nitrogen and oxygen atoms in total. The average Bonchev–Trinajstić information content (AvgIpc) is 3.28. The van der Waals surface area contributed by atoms with Gasteiger partial charge in [-0.3, -0.25) is 4.79 Å². The number of aromatic nitrogens is 3. The van der Waals surface area contributed by atoms with Crippen molar-refractivity contribution in [2.75, 3.05) is 24.4 Å². The number of methoxy groups -OCH3 is 1. The number of nitrogens with one attached hydrogen (secondary N) is 2. The number of ether oxygens (including phenoxy) is 2. The van der Waals surface area contributed by atoms with Gasteiger partial charge in [0.05, 0.1) is 19.3 Å².